The molecule has 1 aromatic rings. The Kier molecular flexibility index (Phi) is 5.36. The zero-order valence-electron chi connectivity index (χ0n) is 11.6. The van der Waals surface area contributed by atoms with E-state index in [4.69, 9.17) is 4.74 Å². The third-order valence-corrected chi connectivity index (χ3v) is 4.03. The van der Waals surface area contributed by atoms with E-state index in [1.165, 1.54) is 17.7 Å². The van der Waals surface area contributed by atoms with Gasteiger partial charge in [0.2, 0.25) is 5.91 Å². The number of methoxy groups -OCH3 is 1. The number of rotatable bonds is 8. The second-order valence-corrected chi connectivity index (χ2v) is 6.17. The molecule has 0 aromatic carbocycles. The molecular weight excluding hydrogens is 260 g/mol. The van der Waals surface area contributed by atoms with Crippen LogP contribution in [0.25, 0.3) is 0 Å². The molecule has 0 bridgehead atoms. The van der Waals surface area contributed by atoms with Crippen LogP contribution in [0.3, 0.4) is 0 Å². The molecule has 0 aliphatic heterocycles. The summed E-state index contributed by atoms with van der Waals surface area (Å²) in [5, 5.41) is 5.06. The van der Waals surface area contributed by atoms with Crippen molar-refractivity contribution in [2.45, 2.75) is 38.4 Å². The number of ether oxygens (including phenoxy) is 1. The molecule has 1 saturated carbocycles. The molecule has 0 radical (unpaired) electrons. The van der Waals surface area contributed by atoms with Crippen molar-refractivity contribution in [1.82, 2.24) is 10.2 Å². The summed E-state index contributed by atoms with van der Waals surface area (Å²) < 4.78 is 5.03. The molecule has 1 heterocycles. The Morgan fingerprint density at radius 1 is 1.63 bits per heavy atom. The van der Waals surface area contributed by atoms with Crippen molar-refractivity contribution in [2.24, 2.45) is 0 Å². The van der Waals surface area contributed by atoms with Gasteiger partial charge >= 0.3 is 0 Å². The van der Waals surface area contributed by atoms with Gasteiger partial charge in [0, 0.05) is 30.6 Å². The number of thiophene rings is 1. The molecule has 1 amide bonds. The standard InChI is InChI=1S/C14H22N2O2S/c1-11(10-18-2)15-14(17)9-16(12-5-6-12)8-13-4-3-7-19-13/h3-4,7,11-12H,5-6,8-10H2,1-2H3,(H,15,17). The number of hydrogen-bond donors (Lipinski definition) is 1. The van der Waals surface area contributed by atoms with Gasteiger partial charge in [-0.3, -0.25) is 9.69 Å². The summed E-state index contributed by atoms with van der Waals surface area (Å²) in [6, 6.07) is 4.85. The molecule has 1 aliphatic rings. The summed E-state index contributed by atoms with van der Waals surface area (Å²) >= 11 is 1.75. The lowest BCUT2D eigenvalue weighted by molar-refractivity contribution is -0.123. The maximum Gasteiger partial charge on any atom is 0.234 e. The van der Waals surface area contributed by atoms with Gasteiger partial charge in [-0.2, -0.15) is 0 Å². The van der Waals surface area contributed by atoms with Crippen LogP contribution < -0.4 is 5.32 Å². The minimum Gasteiger partial charge on any atom is -0.383 e. The van der Waals surface area contributed by atoms with Crippen LogP contribution in [-0.2, 0) is 16.1 Å². The first-order valence-electron chi connectivity index (χ1n) is 6.73. The van der Waals surface area contributed by atoms with Crippen molar-refractivity contribution in [2.75, 3.05) is 20.3 Å². The van der Waals surface area contributed by atoms with Crippen LogP contribution in [0, 0.1) is 0 Å². The Morgan fingerprint density at radius 2 is 2.42 bits per heavy atom. The summed E-state index contributed by atoms with van der Waals surface area (Å²) in [4.78, 5) is 15.6. The van der Waals surface area contributed by atoms with E-state index in [-0.39, 0.29) is 11.9 Å². The molecule has 0 spiro atoms. The van der Waals surface area contributed by atoms with Gasteiger partial charge in [0.05, 0.1) is 13.2 Å². The smallest absolute Gasteiger partial charge is 0.234 e. The van der Waals surface area contributed by atoms with Crippen LogP contribution >= 0.6 is 11.3 Å². The first kappa shape index (κ1) is 14.5. The molecule has 1 aromatic heterocycles. The van der Waals surface area contributed by atoms with Gasteiger partial charge in [-0.1, -0.05) is 6.07 Å². The summed E-state index contributed by atoms with van der Waals surface area (Å²) in [5.41, 5.74) is 0. The quantitative estimate of drug-likeness (QED) is 0.791. The summed E-state index contributed by atoms with van der Waals surface area (Å²) in [6.07, 6.45) is 2.43. The number of amides is 1. The van der Waals surface area contributed by atoms with Crippen molar-refractivity contribution in [3.8, 4) is 0 Å². The predicted octanol–water partition coefficient (Wildman–Crippen LogP) is 1.86. The molecule has 106 valence electrons. The molecule has 1 unspecified atom stereocenters. The topological polar surface area (TPSA) is 41.6 Å². The highest BCUT2D eigenvalue weighted by atomic mass is 32.1. The van der Waals surface area contributed by atoms with Gasteiger partial charge in [-0.15, -0.1) is 11.3 Å². The summed E-state index contributed by atoms with van der Waals surface area (Å²) in [6.45, 7) is 3.88. The van der Waals surface area contributed by atoms with Crippen LogP contribution in [0.15, 0.2) is 17.5 Å². The van der Waals surface area contributed by atoms with Gasteiger partial charge in [-0.25, -0.2) is 0 Å². The van der Waals surface area contributed by atoms with E-state index in [0.717, 1.165) is 6.54 Å². The molecule has 1 atom stereocenters. The molecule has 1 N–H and O–H groups in total. The van der Waals surface area contributed by atoms with Crippen LogP contribution in [0.2, 0.25) is 0 Å². The van der Waals surface area contributed by atoms with E-state index < -0.39 is 0 Å². The van der Waals surface area contributed by atoms with Crippen molar-refractivity contribution < 1.29 is 9.53 Å². The average molecular weight is 282 g/mol. The minimum atomic E-state index is 0.0697. The Hall–Kier alpha value is -0.910. The molecular formula is C14H22N2O2S. The van der Waals surface area contributed by atoms with Gasteiger partial charge in [0.15, 0.2) is 0 Å². The maximum atomic E-state index is 12.0. The van der Waals surface area contributed by atoms with Crippen LogP contribution in [0.5, 0.6) is 0 Å². The minimum absolute atomic E-state index is 0.0697. The lowest BCUT2D eigenvalue weighted by atomic mass is 10.3. The highest BCUT2D eigenvalue weighted by molar-refractivity contribution is 7.09. The van der Waals surface area contributed by atoms with Crippen molar-refractivity contribution in [3.63, 3.8) is 0 Å². The Labute approximate surface area is 118 Å². The summed E-state index contributed by atoms with van der Waals surface area (Å²) in [5.74, 6) is 0.0907. The third-order valence-electron chi connectivity index (χ3n) is 3.17. The molecule has 1 fully saturated rings. The maximum absolute atomic E-state index is 12.0. The summed E-state index contributed by atoms with van der Waals surface area (Å²) in [7, 11) is 1.65. The van der Waals surface area contributed by atoms with Crippen LogP contribution in [0.4, 0.5) is 0 Å². The molecule has 2 rings (SSSR count). The van der Waals surface area contributed by atoms with Gasteiger partial charge < -0.3 is 10.1 Å². The lowest BCUT2D eigenvalue weighted by Crippen LogP contribution is -2.43. The Balaban J connectivity index is 1.81. The van der Waals surface area contributed by atoms with E-state index in [2.05, 4.69) is 27.7 Å². The molecule has 5 heteroatoms. The molecule has 0 saturated heterocycles. The highest BCUT2D eigenvalue weighted by Crippen LogP contribution is 2.28. The van der Waals surface area contributed by atoms with Crippen molar-refractivity contribution in [3.05, 3.63) is 22.4 Å². The zero-order chi connectivity index (χ0) is 13.7. The zero-order valence-corrected chi connectivity index (χ0v) is 12.4. The van der Waals surface area contributed by atoms with Crippen LogP contribution in [0.1, 0.15) is 24.6 Å². The average Bonchev–Trinajstić information content (AvgIpc) is 3.08. The van der Waals surface area contributed by atoms with Gasteiger partial charge in [0.25, 0.3) is 0 Å². The van der Waals surface area contributed by atoms with E-state index in [0.29, 0.717) is 19.2 Å². The lowest BCUT2D eigenvalue weighted by Gasteiger charge is -2.22. The number of nitrogens with one attached hydrogen (secondary N) is 1. The van der Waals surface area contributed by atoms with Crippen molar-refractivity contribution in [1.29, 1.82) is 0 Å². The van der Waals surface area contributed by atoms with E-state index in [9.17, 15) is 4.79 Å². The fourth-order valence-electron chi connectivity index (χ4n) is 2.15. The highest BCUT2D eigenvalue weighted by Gasteiger charge is 2.30. The Morgan fingerprint density at radius 3 is 3.00 bits per heavy atom. The molecule has 19 heavy (non-hydrogen) atoms. The second-order valence-electron chi connectivity index (χ2n) is 5.14. The number of nitrogens with zero attached hydrogens (tertiary/aromatic N) is 1. The monoisotopic (exact) mass is 282 g/mol. The Bertz CT molecular complexity index is 390. The first-order valence-corrected chi connectivity index (χ1v) is 7.61. The SMILES string of the molecule is COCC(C)NC(=O)CN(Cc1cccs1)C1CC1. The van der Waals surface area contributed by atoms with Gasteiger partial charge in [0.1, 0.15) is 0 Å². The van der Waals surface area contributed by atoms with Crippen molar-refractivity contribution >= 4 is 17.2 Å². The number of carbonyl (C=O) groups excluding carboxylic acids is 1. The largest absolute Gasteiger partial charge is 0.383 e. The fourth-order valence-corrected chi connectivity index (χ4v) is 2.88. The van der Waals surface area contributed by atoms with Crippen LogP contribution in [-0.4, -0.2) is 43.2 Å². The van der Waals surface area contributed by atoms with E-state index in [1.54, 1.807) is 18.4 Å². The second kappa shape index (κ2) is 7.03. The third kappa shape index (κ3) is 4.93. The predicted molar refractivity (Wildman–Crippen MR) is 77.2 cm³/mol. The number of carbonyl (C=O) groups is 1. The van der Waals surface area contributed by atoms with E-state index >= 15 is 0 Å². The first-order chi connectivity index (χ1) is 9.19. The normalized spacial score (nSPS) is 16.6. The fraction of sp³-hybridized carbons (Fsp3) is 0.643. The van der Waals surface area contributed by atoms with E-state index in [1.807, 2.05) is 6.92 Å². The number of hydrogen-bond acceptors (Lipinski definition) is 4. The molecule has 1 aliphatic carbocycles. The molecule has 4 nitrogen and oxygen atoms in total. The van der Waals surface area contributed by atoms with Gasteiger partial charge in [-0.05, 0) is 31.2 Å².